The second-order valence-corrected chi connectivity index (χ2v) is 7.00. The number of amides is 1. The van der Waals surface area contributed by atoms with Gasteiger partial charge in [-0.25, -0.2) is 9.78 Å². The van der Waals surface area contributed by atoms with Crippen LogP contribution in [-0.4, -0.2) is 49.1 Å². The molecule has 0 radical (unpaired) electrons. The summed E-state index contributed by atoms with van der Waals surface area (Å²) < 4.78 is 7.27. The van der Waals surface area contributed by atoms with Gasteiger partial charge in [-0.3, -0.25) is 9.48 Å². The third-order valence-electron chi connectivity index (χ3n) is 4.79. The highest BCUT2D eigenvalue weighted by Crippen LogP contribution is 2.37. The standard InChI is InChI=1S/C20H21N7O4/c1-3-27-10-21-18(26-27)12-5-4-6-13(17(12)31-2)22-14-9-15(23-19(28)11-7-8-11)24-25-16(14)20(29)30/h4-6,9-11H,3,7-8H2,1-2H3,(H,29,30)(H2,22,23,24,28). The average molecular weight is 423 g/mol. The lowest BCUT2D eigenvalue weighted by molar-refractivity contribution is -0.117. The van der Waals surface area contributed by atoms with E-state index in [1.165, 1.54) is 13.2 Å². The average Bonchev–Trinajstić information content (AvgIpc) is 3.51. The van der Waals surface area contributed by atoms with Gasteiger partial charge in [0.25, 0.3) is 0 Å². The van der Waals surface area contributed by atoms with Gasteiger partial charge < -0.3 is 20.5 Å². The van der Waals surface area contributed by atoms with E-state index < -0.39 is 5.97 Å². The van der Waals surface area contributed by atoms with Crippen molar-refractivity contribution in [1.82, 2.24) is 25.0 Å². The molecule has 4 rings (SSSR count). The van der Waals surface area contributed by atoms with Gasteiger partial charge >= 0.3 is 5.97 Å². The highest BCUT2D eigenvalue weighted by Gasteiger charge is 2.30. The van der Waals surface area contributed by atoms with Crippen LogP contribution in [0.2, 0.25) is 0 Å². The Morgan fingerprint density at radius 2 is 2.06 bits per heavy atom. The smallest absolute Gasteiger partial charge is 0.358 e. The summed E-state index contributed by atoms with van der Waals surface area (Å²) in [6.45, 7) is 2.63. The highest BCUT2D eigenvalue weighted by molar-refractivity contribution is 5.96. The topological polar surface area (TPSA) is 144 Å². The van der Waals surface area contributed by atoms with E-state index in [0.29, 0.717) is 29.4 Å². The molecule has 0 aliphatic heterocycles. The van der Waals surface area contributed by atoms with Crippen LogP contribution in [0.4, 0.5) is 17.2 Å². The Hall–Kier alpha value is -4.02. The number of aromatic nitrogens is 5. The third kappa shape index (κ3) is 4.29. The van der Waals surface area contributed by atoms with E-state index in [2.05, 4.69) is 30.9 Å². The maximum atomic E-state index is 12.0. The molecule has 1 saturated carbocycles. The van der Waals surface area contributed by atoms with E-state index in [1.807, 2.05) is 13.0 Å². The lowest BCUT2D eigenvalue weighted by Crippen LogP contribution is -2.16. The number of aryl methyl sites for hydroxylation is 1. The highest BCUT2D eigenvalue weighted by atomic mass is 16.5. The monoisotopic (exact) mass is 423 g/mol. The molecular formula is C20H21N7O4. The summed E-state index contributed by atoms with van der Waals surface area (Å²) in [6, 6.07) is 6.75. The molecule has 0 spiro atoms. The van der Waals surface area contributed by atoms with E-state index >= 15 is 0 Å². The molecule has 0 atom stereocenters. The maximum absolute atomic E-state index is 12.0. The Morgan fingerprint density at radius 1 is 1.26 bits per heavy atom. The van der Waals surface area contributed by atoms with Crippen molar-refractivity contribution in [2.45, 2.75) is 26.3 Å². The lowest BCUT2D eigenvalue weighted by atomic mass is 10.1. The normalized spacial score (nSPS) is 13.0. The minimum atomic E-state index is -1.26. The largest absolute Gasteiger partial charge is 0.494 e. The number of rotatable bonds is 8. The molecule has 11 nitrogen and oxygen atoms in total. The molecule has 1 aliphatic rings. The Balaban J connectivity index is 1.69. The SMILES string of the molecule is CCn1cnc(-c2cccc(Nc3cc(NC(=O)C4CC4)nnc3C(=O)O)c2OC)n1. The number of nitrogens with one attached hydrogen (secondary N) is 2. The van der Waals surface area contributed by atoms with Crippen LogP contribution < -0.4 is 15.4 Å². The molecule has 3 N–H and O–H groups in total. The van der Waals surface area contributed by atoms with Crippen LogP contribution in [-0.2, 0) is 11.3 Å². The van der Waals surface area contributed by atoms with Crippen LogP contribution in [0.5, 0.6) is 5.75 Å². The van der Waals surface area contributed by atoms with Crippen molar-refractivity contribution in [3.8, 4) is 17.1 Å². The van der Waals surface area contributed by atoms with Gasteiger partial charge in [-0.2, -0.15) is 5.10 Å². The molecule has 11 heteroatoms. The lowest BCUT2D eigenvalue weighted by Gasteiger charge is -2.15. The Morgan fingerprint density at radius 3 is 2.71 bits per heavy atom. The summed E-state index contributed by atoms with van der Waals surface area (Å²) in [6.07, 6.45) is 3.30. The van der Waals surface area contributed by atoms with Crippen LogP contribution >= 0.6 is 0 Å². The molecule has 1 aromatic carbocycles. The number of benzene rings is 1. The van der Waals surface area contributed by atoms with Crippen molar-refractivity contribution in [3.05, 3.63) is 36.3 Å². The van der Waals surface area contributed by atoms with E-state index in [-0.39, 0.29) is 29.0 Å². The summed E-state index contributed by atoms with van der Waals surface area (Å²) in [5, 5.41) is 27.2. The second kappa shape index (κ2) is 8.38. The molecule has 1 aliphatic carbocycles. The first-order valence-corrected chi connectivity index (χ1v) is 9.75. The quantitative estimate of drug-likeness (QED) is 0.498. The number of carbonyl (C=O) groups is 2. The molecule has 3 aromatic rings. The van der Waals surface area contributed by atoms with Crippen molar-refractivity contribution >= 4 is 29.1 Å². The Bertz CT molecular complexity index is 1140. The molecule has 0 saturated heterocycles. The predicted octanol–water partition coefficient (Wildman–Crippen LogP) is 2.55. The number of anilines is 3. The van der Waals surface area contributed by atoms with Crippen molar-refractivity contribution in [1.29, 1.82) is 0 Å². The first kappa shape index (κ1) is 20.3. The fraction of sp³-hybridized carbons (Fsp3) is 0.300. The van der Waals surface area contributed by atoms with Crippen molar-refractivity contribution < 1.29 is 19.4 Å². The van der Waals surface area contributed by atoms with Crippen LogP contribution in [0.25, 0.3) is 11.4 Å². The number of ether oxygens (including phenoxy) is 1. The van der Waals surface area contributed by atoms with Gasteiger partial charge in [0.05, 0.1) is 24.0 Å². The van der Waals surface area contributed by atoms with Crippen LogP contribution in [0, 0.1) is 5.92 Å². The van der Waals surface area contributed by atoms with Gasteiger partial charge in [0, 0.05) is 18.5 Å². The van der Waals surface area contributed by atoms with Gasteiger partial charge in [0.2, 0.25) is 5.91 Å². The summed E-state index contributed by atoms with van der Waals surface area (Å²) in [5.74, 6) is -0.347. The number of hydrogen-bond donors (Lipinski definition) is 3. The summed E-state index contributed by atoms with van der Waals surface area (Å²) in [4.78, 5) is 28.0. The van der Waals surface area contributed by atoms with Crippen LogP contribution in [0.15, 0.2) is 30.6 Å². The first-order valence-electron chi connectivity index (χ1n) is 9.75. The number of carbonyl (C=O) groups excluding carboxylic acids is 1. The zero-order valence-corrected chi connectivity index (χ0v) is 17.0. The minimum absolute atomic E-state index is 0.0236. The van der Waals surface area contributed by atoms with Crippen LogP contribution in [0.3, 0.4) is 0 Å². The molecule has 2 heterocycles. The number of methoxy groups -OCH3 is 1. The van der Waals surface area contributed by atoms with Gasteiger partial charge in [-0.15, -0.1) is 10.2 Å². The minimum Gasteiger partial charge on any atom is -0.494 e. The maximum Gasteiger partial charge on any atom is 0.358 e. The van der Waals surface area contributed by atoms with Crippen molar-refractivity contribution in [2.24, 2.45) is 5.92 Å². The number of carboxylic acid groups (broad SMARTS) is 1. The molecule has 2 aromatic heterocycles. The zero-order valence-electron chi connectivity index (χ0n) is 17.0. The predicted molar refractivity (Wildman–Crippen MR) is 111 cm³/mol. The van der Waals surface area contributed by atoms with Gasteiger partial charge in [0.1, 0.15) is 6.33 Å². The zero-order chi connectivity index (χ0) is 22.0. The van der Waals surface area contributed by atoms with E-state index in [1.54, 1.807) is 23.1 Å². The Kier molecular flexibility index (Phi) is 5.48. The van der Waals surface area contributed by atoms with Gasteiger partial charge in [-0.1, -0.05) is 6.07 Å². The fourth-order valence-corrected chi connectivity index (χ4v) is 3.03. The van der Waals surface area contributed by atoms with E-state index in [0.717, 1.165) is 12.8 Å². The Labute approximate surface area is 177 Å². The summed E-state index contributed by atoms with van der Waals surface area (Å²) in [5.41, 5.74) is 1.00. The van der Waals surface area contributed by atoms with Gasteiger partial charge in [0.15, 0.2) is 23.1 Å². The number of hydrogen-bond acceptors (Lipinski definition) is 8. The number of para-hydroxylation sites is 1. The molecule has 0 unspecified atom stereocenters. The third-order valence-corrected chi connectivity index (χ3v) is 4.79. The number of aromatic carboxylic acids is 1. The molecular weight excluding hydrogens is 402 g/mol. The fourth-order valence-electron chi connectivity index (χ4n) is 3.03. The van der Waals surface area contributed by atoms with Crippen LogP contribution in [0.1, 0.15) is 30.3 Å². The van der Waals surface area contributed by atoms with Gasteiger partial charge in [-0.05, 0) is 31.9 Å². The van der Waals surface area contributed by atoms with Crippen molar-refractivity contribution in [3.63, 3.8) is 0 Å². The molecule has 31 heavy (non-hydrogen) atoms. The van der Waals surface area contributed by atoms with E-state index in [4.69, 9.17) is 4.74 Å². The molecule has 1 amide bonds. The summed E-state index contributed by atoms with van der Waals surface area (Å²) >= 11 is 0. The second-order valence-electron chi connectivity index (χ2n) is 7.00. The molecule has 160 valence electrons. The molecule has 0 bridgehead atoms. The number of carboxylic acids is 1. The molecule has 1 fully saturated rings. The first-order chi connectivity index (χ1) is 15.0. The summed E-state index contributed by atoms with van der Waals surface area (Å²) in [7, 11) is 1.50. The van der Waals surface area contributed by atoms with Crippen molar-refractivity contribution in [2.75, 3.05) is 17.7 Å². The van der Waals surface area contributed by atoms with E-state index in [9.17, 15) is 14.7 Å². The number of nitrogens with zero attached hydrogens (tertiary/aromatic N) is 5.